The minimum Gasteiger partial charge on any atom is -0.346 e. The quantitative estimate of drug-likeness (QED) is 0.881. The predicted molar refractivity (Wildman–Crippen MR) is 64.8 cm³/mol. The Hall–Kier alpha value is -1.08. The third-order valence-electron chi connectivity index (χ3n) is 2.79. The Kier molecular flexibility index (Phi) is 3.63. The predicted octanol–water partition coefficient (Wildman–Crippen LogP) is 1.63. The number of alkyl halides is 2. The van der Waals surface area contributed by atoms with Crippen LogP contribution < -0.4 is 10.6 Å². The highest BCUT2D eigenvalue weighted by atomic mass is 32.1. The van der Waals surface area contributed by atoms with E-state index in [1.54, 1.807) is 13.1 Å². The number of nitrogens with zero attached hydrogens (tertiary/aromatic N) is 1. The van der Waals surface area contributed by atoms with Crippen LogP contribution in [0.4, 0.5) is 8.78 Å². The molecular weight excluding hydrogens is 260 g/mol. The minimum atomic E-state index is -2.79. The number of aromatic nitrogens is 1. The molecule has 0 spiro atoms. The third-order valence-corrected chi connectivity index (χ3v) is 3.89. The van der Waals surface area contributed by atoms with Crippen molar-refractivity contribution in [2.75, 3.05) is 6.54 Å². The maximum absolute atomic E-state index is 13.0. The van der Waals surface area contributed by atoms with Crippen LogP contribution in [0.25, 0.3) is 0 Å². The molecule has 0 saturated carbocycles. The molecule has 0 bridgehead atoms. The summed E-state index contributed by atoms with van der Waals surface area (Å²) in [4.78, 5) is 17.0. The Balaban J connectivity index is 1.92. The zero-order valence-electron chi connectivity index (χ0n) is 10.2. The first-order valence-corrected chi connectivity index (χ1v) is 6.53. The van der Waals surface area contributed by atoms with Gasteiger partial charge in [-0.05, 0) is 13.8 Å². The minimum absolute atomic E-state index is 0.257. The van der Waals surface area contributed by atoms with Crippen molar-refractivity contribution in [2.24, 2.45) is 0 Å². The maximum atomic E-state index is 13.0. The van der Waals surface area contributed by atoms with Gasteiger partial charge in [0.1, 0.15) is 5.01 Å². The lowest BCUT2D eigenvalue weighted by Gasteiger charge is -2.15. The standard InChI is InChI=1S/C11H15F2N3OS/c1-6-4-14-10(18-6)7(2)16-9(17)8-3-11(12,13)5-15-8/h4,7-8,15H,3,5H2,1-2H3,(H,16,17). The Morgan fingerprint density at radius 1 is 1.72 bits per heavy atom. The largest absolute Gasteiger partial charge is 0.346 e. The topological polar surface area (TPSA) is 54.0 Å². The summed E-state index contributed by atoms with van der Waals surface area (Å²) in [5.74, 6) is -3.18. The fourth-order valence-electron chi connectivity index (χ4n) is 1.85. The molecule has 0 aromatic carbocycles. The summed E-state index contributed by atoms with van der Waals surface area (Å²) in [6, 6.07) is -1.07. The molecule has 100 valence electrons. The molecule has 4 nitrogen and oxygen atoms in total. The van der Waals surface area contributed by atoms with Crippen molar-refractivity contribution < 1.29 is 13.6 Å². The fraction of sp³-hybridized carbons (Fsp3) is 0.636. The van der Waals surface area contributed by atoms with Crippen molar-refractivity contribution in [3.8, 4) is 0 Å². The highest BCUT2D eigenvalue weighted by Gasteiger charge is 2.42. The van der Waals surface area contributed by atoms with Gasteiger partial charge < -0.3 is 5.32 Å². The van der Waals surface area contributed by atoms with Crippen molar-refractivity contribution >= 4 is 17.2 Å². The molecule has 1 amide bonds. The van der Waals surface area contributed by atoms with Gasteiger partial charge in [0.05, 0.1) is 18.6 Å². The zero-order valence-corrected chi connectivity index (χ0v) is 11.0. The summed E-state index contributed by atoms with van der Waals surface area (Å²) < 4.78 is 25.9. The van der Waals surface area contributed by atoms with Gasteiger partial charge in [0, 0.05) is 17.5 Å². The van der Waals surface area contributed by atoms with Crippen molar-refractivity contribution in [2.45, 2.75) is 38.3 Å². The van der Waals surface area contributed by atoms with Crippen molar-refractivity contribution in [1.82, 2.24) is 15.6 Å². The van der Waals surface area contributed by atoms with Crippen molar-refractivity contribution in [1.29, 1.82) is 0 Å². The van der Waals surface area contributed by atoms with E-state index in [4.69, 9.17) is 0 Å². The summed E-state index contributed by atoms with van der Waals surface area (Å²) in [6.45, 7) is 3.29. The average Bonchev–Trinajstić information content (AvgIpc) is 2.84. The van der Waals surface area contributed by atoms with Gasteiger partial charge in [0.15, 0.2) is 0 Å². The molecule has 18 heavy (non-hydrogen) atoms. The van der Waals surface area contributed by atoms with E-state index in [1.807, 2.05) is 6.92 Å². The summed E-state index contributed by atoms with van der Waals surface area (Å²) >= 11 is 1.49. The number of carbonyl (C=O) groups excluding carboxylic acids is 1. The Bertz CT molecular complexity index is 449. The van der Waals surface area contributed by atoms with E-state index in [-0.39, 0.29) is 6.04 Å². The van der Waals surface area contributed by atoms with E-state index in [2.05, 4.69) is 15.6 Å². The highest BCUT2D eigenvalue weighted by molar-refractivity contribution is 7.11. The lowest BCUT2D eigenvalue weighted by atomic mass is 10.1. The van der Waals surface area contributed by atoms with Crippen LogP contribution >= 0.6 is 11.3 Å². The first-order valence-electron chi connectivity index (χ1n) is 5.71. The van der Waals surface area contributed by atoms with Gasteiger partial charge in [0.25, 0.3) is 5.92 Å². The molecule has 1 aromatic heterocycles. The van der Waals surface area contributed by atoms with Gasteiger partial charge in [-0.25, -0.2) is 13.8 Å². The second kappa shape index (κ2) is 4.89. The molecule has 1 saturated heterocycles. The molecule has 1 aliphatic heterocycles. The molecule has 2 N–H and O–H groups in total. The van der Waals surface area contributed by atoms with Crippen molar-refractivity contribution in [3.05, 3.63) is 16.1 Å². The fourth-order valence-corrected chi connectivity index (χ4v) is 2.63. The Labute approximate surface area is 108 Å². The van der Waals surface area contributed by atoms with E-state index in [1.165, 1.54) is 11.3 Å². The van der Waals surface area contributed by atoms with Gasteiger partial charge in [-0.1, -0.05) is 0 Å². The van der Waals surface area contributed by atoms with Crippen LogP contribution in [0.2, 0.25) is 0 Å². The number of hydrogen-bond acceptors (Lipinski definition) is 4. The number of hydrogen-bond donors (Lipinski definition) is 2. The van der Waals surface area contributed by atoms with Crippen LogP contribution in [-0.4, -0.2) is 29.4 Å². The summed E-state index contributed by atoms with van der Waals surface area (Å²) in [6.07, 6.45) is 1.28. The van der Waals surface area contributed by atoms with Crippen LogP contribution in [0, 0.1) is 6.92 Å². The molecule has 2 rings (SSSR count). The molecule has 1 fully saturated rings. The van der Waals surface area contributed by atoms with Crippen LogP contribution in [0.1, 0.15) is 29.3 Å². The normalized spacial score (nSPS) is 23.9. The Morgan fingerprint density at radius 2 is 2.44 bits per heavy atom. The van der Waals surface area contributed by atoms with Gasteiger partial charge >= 0.3 is 0 Å². The Morgan fingerprint density at radius 3 is 2.94 bits per heavy atom. The highest BCUT2D eigenvalue weighted by Crippen LogP contribution is 2.26. The summed E-state index contributed by atoms with van der Waals surface area (Å²) in [5, 5.41) is 6.01. The van der Waals surface area contributed by atoms with Gasteiger partial charge in [0.2, 0.25) is 5.91 Å². The van der Waals surface area contributed by atoms with E-state index >= 15 is 0 Å². The van der Waals surface area contributed by atoms with Crippen LogP contribution in [-0.2, 0) is 4.79 Å². The molecule has 7 heteroatoms. The molecular formula is C11H15F2N3OS. The first kappa shape index (κ1) is 13.4. The second-order valence-electron chi connectivity index (χ2n) is 4.53. The van der Waals surface area contributed by atoms with Crippen LogP contribution in [0.3, 0.4) is 0 Å². The zero-order chi connectivity index (χ0) is 13.3. The third kappa shape index (κ3) is 3.02. The molecule has 1 aromatic rings. The maximum Gasteiger partial charge on any atom is 0.262 e. The number of carbonyl (C=O) groups is 1. The van der Waals surface area contributed by atoms with E-state index in [0.29, 0.717) is 0 Å². The van der Waals surface area contributed by atoms with Gasteiger partial charge in [-0.2, -0.15) is 0 Å². The summed E-state index contributed by atoms with van der Waals surface area (Å²) in [5.41, 5.74) is 0. The molecule has 1 aliphatic rings. The number of aryl methyl sites for hydroxylation is 1. The monoisotopic (exact) mass is 275 g/mol. The molecule has 2 atom stereocenters. The molecule has 2 unspecified atom stereocenters. The lowest BCUT2D eigenvalue weighted by molar-refractivity contribution is -0.124. The number of thiazole rings is 1. The van der Waals surface area contributed by atoms with E-state index in [0.717, 1.165) is 9.88 Å². The van der Waals surface area contributed by atoms with Crippen LogP contribution in [0.15, 0.2) is 6.20 Å². The number of amides is 1. The van der Waals surface area contributed by atoms with Crippen LogP contribution in [0.5, 0.6) is 0 Å². The number of nitrogens with one attached hydrogen (secondary N) is 2. The molecule has 0 aliphatic carbocycles. The van der Waals surface area contributed by atoms with E-state index in [9.17, 15) is 13.6 Å². The first-order chi connectivity index (χ1) is 8.37. The van der Waals surface area contributed by atoms with Gasteiger partial charge in [-0.15, -0.1) is 11.3 Å². The SMILES string of the molecule is Cc1cnc(C(C)NC(=O)C2CC(F)(F)CN2)s1. The average molecular weight is 275 g/mol. The molecule has 2 heterocycles. The van der Waals surface area contributed by atoms with Crippen molar-refractivity contribution in [3.63, 3.8) is 0 Å². The number of rotatable bonds is 3. The smallest absolute Gasteiger partial charge is 0.262 e. The summed E-state index contributed by atoms with van der Waals surface area (Å²) in [7, 11) is 0. The number of halogens is 2. The molecule has 0 radical (unpaired) electrons. The van der Waals surface area contributed by atoms with E-state index < -0.39 is 30.8 Å². The van der Waals surface area contributed by atoms with Gasteiger partial charge in [-0.3, -0.25) is 10.1 Å². The lowest BCUT2D eigenvalue weighted by Crippen LogP contribution is -2.41. The second-order valence-corrected chi connectivity index (χ2v) is 5.80.